The third-order valence-corrected chi connectivity index (χ3v) is 2.45. The average Bonchev–Trinajstić information content (AvgIpc) is 1.94. The largest absolute Gasteiger partial charge is 0.489 e. The van der Waals surface area contributed by atoms with E-state index < -0.39 is 7.12 Å². The van der Waals surface area contributed by atoms with Gasteiger partial charge >= 0.3 is 7.12 Å². The summed E-state index contributed by atoms with van der Waals surface area (Å²) in [5, 5.41) is 17.7. The molecule has 0 heterocycles. The summed E-state index contributed by atoms with van der Waals surface area (Å²) < 4.78 is 1.51. The van der Waals surface area contributed by atoms with Crippen LogP contribution in [0.2, 0.25) is 0 Å². The van der Waals surface area contributed by atoms with E-state index in [0.29, 0.717) is 9.94 Å². The van der Waals surface area contributed by atoms with E-state index in [2.05, 4.69) is 31.9 Å². The van der Waals surface area contributed by atoms with Crippen molar-refractivity contribution in [3.05, 3.63) is 27.1 Å². The van der Waals surface area contributed by atoms with E-state index in [1.54, 1.807) is 12.1 Å². The summed E-state index contributed by atoms with van der Waals surface area (Å²) in [5.41, 5.74) is 0.458. The van der Waals surface area contributed by atoms with Gasteiger partial charge in [-0.05, 0) is 23.7 Å². The summed E-state index contributed by atoms with van der Waals surface area (Å²) in [6.45, 7) is 0. The summed E-state index contributed by atoms with van der Waals surface area (Å²) in [4.78, 5) is 0. The molecule has 2 N–H and O–H groups in total. The first-order chi connectivity index (χ1) is 5.11. The van der Waals surface area contributed by atoms with Crippen molar-refractivity contribution < 1.29 is 10.0 Å². The Morgan fingerprint density at radius 1 is 1.18 bits per heavy atom. The quantitative estimate of drug-likeness (QED) is 0.750. The maximum Gasteiger partial charge on any atom is 0.489 e. The summed E-state index contributed by atoms with van der Waals surface area (Å²) in [7, 11) is -1.43. The molecule has 0 spiro atoms. The molecule has 1 rings (SSSR count). The van der Waals surface area contributed by atoms with Gasteiger partial charge in [-0.1, -0.05) is 31.9 Å². The van der Waals surface area contributed by atoms with Crippen LogP contribution in [0.3, 0.4) is 0 Å². The van der Waals surface area contributed by atoms with Crippen LogP contribution < -0.4 is 5.46 Å². The Balaban J connectivity index is 3.13. The van der Waals surface area contributed by atoms with Crippen molar-refractivity contribution in [2.24, 2.45) is 0 Å². The van der Waals surface area contributed by atoms with Crippen molar-refractivity contribution in [3.63, 3.8) is 0 Å². The Morgan fingerprint density at radius 2 is 1.82 bits per heavy atom. The molecule has 0 bridgehead atoms. The summed E-state index contributed by atoms with van der Waals surface area (Å²) in [6, 6.07) is 5.21. The van der Waals surface area contributed by atoms with Crippen LogP contribution in [-0.4, -0.2) is 17.2 Å². The molecule has 0 unspecified atom stereocenters. The molecule has 0 amide bonds. The molecule has 2 nitrogen and oxygen atoms in total. The third kappa shape index (κ3) is 2.30. The van der Waals surface area contributed by atoms with Crippen LogP contribution in [0, 0.1) is 0 Å². The number of benzene rings is 1. The maximum atomic E-state index is 8.83. The molecule has 1 aromatic carbocycles. The lowest BCUT2D eigenvalue weighted by Crippen LogP contribution is -2.30. The van der Waals surface area contributed by atoms with E-state index in [-0.39, 0.29) is 0 Å². The predicted molar refractivity (Wildman–Crippen MR) is 51.7 cm³/mol. The average molecular weight is 280 g/mol. The van der Waals surface area contributed by atoms with Crippen LogP contribution in [-0.2, 0) is 0 Å². The molecule has 0 radical (unpaired) electrons. The van der Waals surface area contributed by atoms with Crippen molar-refractivity contribution >= 4 is 44.4 Å². The van der Waals surface area contributed by atoms with Gasteiger partial charge in [0, 0.05) is 8.95 Å². The molecule has 0 saturated carbocycles. The molecule has 0 aromatic heterocycles. The van der Waals surface area contributed by atoms with Gasteiger partial charge in [0.2, 0.25) is 0 Å². The van der Waals surface area contributed by atoms with Crippen LogP contribution in [0.4, 0.5) is 0 Å². The molecule has 0 aliphatic carbocycles. The number of rotatable bonds is 1. The van der Waals surface area contributed by atoms with Gasteiger partial charge in [0.25, 0.3) is 0 Å². The van der Waals surface area contributed by atoms with Crippen molar-refractivity contribution in [1.82, 2.24) is 0 Å². The van der Waals surface area contributed by atoms with Gasteiger partial charge in [0.15, 0.2) is 0 Å². The lowest BCUT2D eigenvalue weighted by atomic mass is 9.80. The van der Waals surface area contributed by atoms with E-state index in [0.717, 1.165) is 4.47 Å². The monoisotopic (exact) mass is 278 g/mol. The van der Waals surface area contributed by atoms with Crippen molar-refractivity contribution in [2.75, 3.05) is 0 Å². The fraction of sp³-hybridized carbons (Fsp3) is 0. The highest BCUT2D eigenvalue weighted by Crippen LogP contribution is 2.13. The fourth-order valence-corrected chi connectivity index (χ4v) is 1.54. The summed E-state index contributed by atoms with van der Waals surface area (Å²) in [6.07, 6.45) is 0. The standard InChI is InChI=1S/C6H5BBr2O2/c8-4-1-2-6(9)5(3-4)7(10)11/h1-3,10-11H. The highest BCUT2D eigenvalue weighted by Gasteiger charge is 2.14. The second-order valence-corrected chi connectivity index (χ2v) is 3.81. The number of halogens is 2. The van der Waals surface area contributed by atoms with E-state index in [1.807, 2.05) is 6.07 Å². The van der Waals surface area contributed by atoms with Gasteiger partial charge in [-0.2, -0.15) is 0 Å². The minimum absolute atomic E-state index is 0.458. The lowest BCUT2D eigenvalue weighted by Gasteiger charge is -2.02. The van der Waals surface area contributed by atoms with Crippen molar-refractivity contribution in [1.29, 1.82) is 0 Å². The summed E-state index contributed by atoms with van der Waals surface area (Å²) in [5.74, 6) is 0. The fourth-order valence-electron chi connectivity index (χ4n) is 0.712. The van der Waals surface area contributed by atoms with E-state index in [1.165, 1.54) is 0 Å². The molecule has 58 valence electrons. The first-order valence-electron chi connectivity index (χ1n) is 2.92. The smallest absolute Gasteiger partial charge is 0.423 e. The van der Waals surface area contributed by atoms with Gasteiger partial charge in [-0.25, -0.2) is 0 Å². The first-order valence-corrected chi connectivity index (χ1v) is 4.51. The topological polar surface area (TPSA) is 40.5 Å². The second-order valence-electron chi connectivity index (χ2n) is 2.04. The van der Waals surface area contributed by atoms with E-state index in [4.69, 9.17) is 10.0 Å². The predicted octanol–water partition coefficient (Wildman–Crippen LogP) is 0.891. The van der Waals surface area contributed by atoms with Crippen molar-refractivity contribution in [2.45, 2.75) is 0 Å². The Hall–Kier alpha value is 0.165. The van der Waals surface area contributed by atoms with Gasteiger partial charge in [-0.3, -0.25) is 0 Å². The van der Waals surface area contributed by atoms with E-state index in [9.17, 15) is 0 Å². The Bertz CT molecular complexity index is 265. The summed E-state index contributed by atoms with van der Waals surface area (Å²) >= 11 is 6.41. The molecule has 0 aliphatic heterocycles. The normalized spacial score (nSPS) is 9.82. The van der Waals surface area contributed by atoms with Crippen LogP contribution in [0.5, 0.6) is 0 Å². The Labute approximate surface area is 81.6 Å². The van der Waals surface area contributed by atoms with Gasteiger partial charge in [0.05, 0.1) is 0 Å². The molecule has 0 fully saturated rings. The molecule has 11 heavy (non-hydrogen) atoms. The number of hydrogen-bond acceptors (Lipinski definition) is 2. The van der Waals surface area contributed by atoms with Gasteiger partial charge in [-0.15, -0.1) is 0 Å². The molecule has 5 heteroatoms. The first kappa shape index (κ1) is 9.25. The molecular weight excluding hydrogens is 275 g/mol. The van der Waals surface area contributed by atoms with Gasteiger partial charge < -0.3 is 10.0 Å². The van der Waals surface area contributed by atoms with Gasteiger partial charge in [0.1, 0.15) is 0 Å². The molecule has 0 aliphatic rings. The van der Waals surface area contributed by atoms with E-state index >= 15 is 0 Å². The van der Waals surface area contributed by atoms with Crippen molar-refractivity contribution in [3.8, 4) is 0 Å². The minimum Gasteiger partial charge on any atom is -0.423 e. The Morgan fingerprint density at radius 3 is 2.27 bits per heavy atom. The minimum atomic E-state index is -1.43. The zero-order chi connectivity index (χ0) is 8.43. The van der Waals surface area contributed by atoms with Crippen LogP contribution in [0.15, 0.2) is 27.1 Å². The highest BCUT2D eigenvalue weighted by molar-refractivity contribution is 9.11. The lowest BCUT2D eigenvalue weighted by molar-refractivity contribution is 0.425. The molecule has 1 aromatic rings. The molecule has 0 atom stereocenters. The van der Waals surface area contributed by atoms with Crippen LogP contribution in [0.1, 0.15) is 0 Å². The second kappa shape index (κ2) is 3.71. The maximum absolute atomic E-state index is 8.83. The zero-order valence-corrected chi connectivity index (χ0v) is 8.63. The third-order valence-electron chi connectivity index (χ3n) is 1.24. The number of hydrogen-bond donors (Lipinski definition) is 2. The zero-order valence-electron chi connectivity index (χ0n) is 5.46. The highest BCUT2D eigenvalue weighted by atomic mass is 79.9. The molecule has 0 saturated heterocycles. The Kier molecular flexibility index (Phi) is 3.12. The van der Waals surface area contributed by atoms with Crippen LogP contribution in [0.25, 0.3) is 0 Å². The van der Waals surface area contributed by atoms with Crippen LogP contribution >= 0.6 is 31.9 Å². The molecular formula is C6H5BBr2O2. The SMILES string of the molecule is OB(O)c1cc(Br)ccc1Br.